The lowest BCUT2D eigenvalue weighted by atomic mass is 10.1. The van der Waals surface area contributed by atoms with E-state index in [1.54, 1.807) is 37.3 Å². The van der Waals surface area contributed by atoms with Crippen LogP contribution in [0.3, 0.4) is 0 Å². The number of rotatable bonds is 3. The number of benzene rings is 1. The molecular weight excluding hydrogens is 192 g/mol. The first-order chi connectivity index (χ1) is 7.10. The molecule has 1 amide bonds. The standard InChI is InChI=1S/C11H16N2O2/c1-4-13(2)11(14)8-5-6-10(15-3)9(12)7-8/h5-7H,4,12H2,1-3H3. The Morgan fingerprint density at radius 1 is 1.53 bits per heavy atom. The number of nitrogen functional groups attached to an aromatic ring is 1. The molecule has 0 saturated heterocycles. The Labute approximate surface area is 89.6 Å². The van der Waals surface area contributed by atoms with Gasteiger partial charge in [-0.05, 0) is 25.1 Å². The number of anilines is 1. The number of hydrogen-bond acceptors (Lipinski definition) is 3. The number of carbonyl (C=O) groups excluding carboxylic acids is 1. The molecule has 0 heterocycles. The molecule has 15 heavy (non-hydrogen) atoms. The number of carbonyl (C=O) groups is 1. The van der Waals surface area contributed by atoms with Crippen molar-refractivity contribution in [2.75, 3.05) is 26.4 Å². The molecule has 0 bridgehead atoms. The average molecular weight is 208 g/mol. The molecular formula is C11H16N2O2. The highest BCUT2D eigenvalue weighted by Gasteiger charge is 2.11. The Kier molecular flexibility index (Phi) is 3.55. The highest BCUT2D eigenvalue weighted by molar-refractivity contribution is 5.95. The molecule has 4 heteroatoms. The zero-order valence-electron chi connectivity index (χ0n) is 9.28. The van der Waals surface area contributed by atoms with Crippen LogP contribution in [-0.4, -0.2) is 31.5 Å². The van der Waals surface area contributed by atoms with E-state index in [-0.39, 0.29) is 5.91 Å². The van der Waals surface area contributed by atoms with E-state index in [1.165, 1.54) is 0 Å². The van der Waals surface area contributed by atoms with Gasteiger partial charge in [-0.3, -0.25) is 4.79 Å². The van der Waals surface area contributed by atoms with Crippen molar-refractivity contribution in [3.63, 3.8) is 0 Å². The molecule has 0 aliphatic heterocycles. The van der Waals surface area contributed by atoms with Crippen molar-refractivity contribution in [2.24, 2.45) is 0 Å². The van der Waals surface area contributed by atoms with Gasteiger partial charge in [-0.2, -0.15) is 0 Å². The molecule has 0 saturated carbocycles. The number of nitrogens with two attached hydrogens (primary N) is 1. The maximum absolute atomic E-state index is 11.8. The summed E-state index contributed by atoms with van der Waals surface area (Å²) in [5.41, 5.74) is 6.78. The summed E-state index contributed by atoms with van der Waals surface area (Å²) in [6.07, 6.45) is 0. The molecule has 2 N–H and O–H groups in total. The van der Waals surface area contributed by atoms with Crippen molar-refractivity contribution >= 4 is 11.6 Å². The normalized spacial score (nSPS) is 9.80. The summed E-state index contributed by atoms with van der Waals surface area (Å²) >= 11 is 0. The van der Waals surface area contributed by atoms with Crippen LogP contribution in [-0.2, 0) is 0 Å². The van der Waals surface area contributed by atoms with Crippen molar-refractivity contribution in [1.29, 1.82) is 0 Å². The highest BCUT2D eigenvalue weighted by Crippen LogP contribution is 2.22. The lowest BCUT2D eigenvalue weighted by Gasteiger charge is -2.15. The topological polar surface area (TPSA) is 55.6 Å². The van der Waals surface area contributed by atoms with E-state index in [1.807, 2.05) is 6.92 Å². The Hall–Kier alpha value is -1.71. The molecule has 0 aliphatic carbocycles. The zero-order chi connectivity index (χ0) is 11.4. The van der Waals surface area contributed by atoms with Crippen LogP contribution in [0.2, 0.25) is 0 Å². The van der Waals surface area contributed by atoms with Crippen LogP contribution < -0.4 is 10.5 Å². The van der Waals surface area contributed by atoms with Crippen LogP contribution >= 0.6 is 0 Å². The molecule has 0 atom stereocenters. The Bertz CT molecular complexity index is 364. The van der Waals surface area contributed by atoms with Crippen molar-refractivity contribution in [1.82, 2.24) is 4.90 Å². The molecule has 82 valence electrons. The largest absolute Gasteiger partial charge is 0.495 e. The van der Waals surface area contributed by atoms with Crippen LogP contribution in [0, 0.1) is 0 Å². The fraction of sp³-hybridized carbons (Fsp3) is 0.364. The third kappa shape index (κ3) is 2.40. The summed E-state index contributed by atoms with van der Waals surface area (Å²) in [6, 6.07) is 5.04. The zero-order valence-corrected chi connectivity index (χ0v) is 9.28. The van der Waals surface area contributed by atoms with E-state index in [4.69, 9.17) is 10.5 Å². The minimum absolute atomic E-state index is 0.0353. The van der Waals surface area contributed by atoms with Crippen LogP contribution in [0.1, 0.15) is 17.3 Å². The first-order valence-corrected chi connectivity index (χ1v) is 4.79. The predicted molar refractivity (Wildman–Crippen MR) is 60.0 cm³/mol. The quantitative estimate of drug-likeness (QED) is 0.763. The van der Waals surface area contributed by atoms with E-state index in [2.05, 4.69) is 0 Å². The minimum Gasteiger partial charge on any atom is -0.495 e. The first kappa shape index (κ1) is 11.4. The molecule has 4 nitrogen and oxygen atoms in total. The molecule has 0 spiro atoms. The maximum Gasteiger partial charge on any atom is 0.253 e. The van der Waals surface area contributed by atoms with Gasteiger partial charge in [0.25, 0.3) is 5.91 Å². The van der Waals surface area contributed by atoms with Crippen LogP contribution in [0.25, 0.3) is 0 Å². The lowest BCUT2D eigenvalue weighted by molar-refractivity contribution is 0.0802. The second kappa shape index (κ2) is 4.68. The second-order valence-electron chi connectivity index (χ2n) is 3.28. The van der Waals surface area contributed by atoms with Gasteiger partial charge in [0.05, 0.1) is 12.8 Å². The first-order valence-electron chi connectivity index (χ1n) is 4.79. The van der Waals surface area contributed by atoms with E-state index in [0.29, 0.717) is 23.5 Å². The summed E-state index contributed by atoms with van der Waals surface area (Å²) in [5.74, 6) is 0.553. The van der Waals surface area contributed by atoms with E-state index in [0.717, 1.165) is 0 Å². The van der Waals surface area contributed by atoms with Gasteiger partial charge in [0.15, 0.2) is 0 Å². The predicted octanol–water partition coefficient (Wildman–Crippen LogP) is 1.37. The number of hydrogen-bond donors (Lipinski definition) is 1. The average Bonchev–Trinajstić information content (AvgIpc) is 2.26. The summed E-state index contributed by atoms with van der Waals surface area (Å²) in [7, 11) is 3.30. The van der Waals surface area contributed by atoms with E-state index >= 15 is 0 Å². The van der Waals surface area contributed by atoms with E-state index < -0.39 is 0 Å². The number of nitrogens with zero attached hydrogens (tertiary/aromatic N) is 1. The maximum atomic E-state index is 11.8. The van der Waals surface area contributed by atoms with Crippen LogP contribution in [0.5, 0.6) is 5.75 Å². The van der Waals surface area contributed by atoms with E-state index in [9.17, 15) is 4.79 Å². The summed E-state index contributed by atoms with van der Waals surface area (Å²) < 4.78 is 5.02. The highest BCUT2D eigenvalue weighted by atomic mass is 16.5. The van der Waals surface area contributed by atoms with Gasteiger partial charge in [-0.25, -0.2) is 0 Å². The minimum atomic E-state index is -0.0353. The van der Waals surface area contributed by atoms with Gasteiger partial charge in [-0.1, -0.05) is 0 Å². The smallest absolute Gasteiger partial charge is 0.253 e. The van der Waals surface area contributed by atoms with Crippen molar-refractivity contribution < 1.29 is 9.53 Å². The molecule has 1 rings (SSSR count). The van der Waals surface area contributed by atoms with Gasteiger partial charge in [0.1, 0.15) is 5.75 Å². The molecule has 0 aliphatic rings. The van der Waals surface area contributed by atoms with Crippen molar-refractivity contribution in [3.8, 4) is 5.75 Å². The van der Waals surface area contributed by atoms with Crippen LogP contribution in [0.15, 0.2) is 18.2 Å². The van der Waals surface area contributed by atoms with Gasteiger partial charge in [0, 0.05) is 19.2 Å². The second-order valence-corrected chi connectivity index (χ2v) is 3.28. The fourth-order valence-electron chi connectivity index (χ4n) is 1.23. The molecule has 0 radical (unpaired) electrons. The van der Waals surface area contributed by atoms with Crippen molar-refractivity contribution in [2.45, 2.75) is 6.92 Å². The molecule has 0 aromatic heterocycles. The summed E-state index contributed by atoms with van der Waals surface area (Å²) in [4.78, 5) is 13.4. The van der Waals surface area contributed by atoms with Crippen LogP contribution in [0.4, 0.5) is 5.69 Å². The third-order valence-electron chi connectivity index (χ3n) is 2.30. The Morgan fingerprint density at radius 2 is 2.20 bits per heavy atom. The van der Waals surface area contributed by atoms with Gasteiger partial charge < -0.3 is 15.4 Å². The molecule has 0 fully saturated rings. The number of amides is 1. The lowest BCUT2D eigenvalue weighted by Crippen LogP contribution is -2.26. The Balaban J connectivity index is 2.97. The van der Waals surface area contributed by atoms with Gasteiger partial charge in [-0.15, -0.1) is 0 Å². The molecule has 1 aromatic carbocycles. The number of ether oxygens (including phenoxy) is 1. The molecule has 0 unspecified atom stereocenters. The van der Waals surface area contributed by atoms with Crippen molar-refractivity contribution in [3.05, 3.63) is 23.8 Å². The number of methoxy groups -OCH3 is 1. The monoisotopic (exact) mass is 208 g/mol. The molecule has 1 aromatic rings. The SMILES string of the molecule is CCN(C)C(=O)c1ccc(OC)c(N)c1. The summed E-state index contributed by atoms with van der Waals surface area (Å²) in [5, 5.41) is 0. The summed E-state index contributed by atoms with van der Waals surface area (Å²) in [6.45, 7) is 2.59. The third-order valence-corrected chi connectivity index (χ3v) is 2.30. The fourth-order valence-corrected chi connectivity index (χ4v) is 1.23. The van der Waals surface area contributed by atoms with Gasteiger partial charge in [0.2, 0.25) is 0 Å². The van der Waals surface area contributed by atoms with Gasteiger partial charge >= 0.3 is 0 Å². The Morgan fingerprint density at radius 3 is 2.67 bits per heavy atom.